The lowest BCUT2D eigenvalue weighted by Crippen LogP contribution is -2.15. The van der Waals surface area contributed by atoms with Gasteiger partial charge in [0, 0.05) is 22.6 Å². The molecule has 1 unspecified atom stereocenters. The van der Waals surface area contributed by atoms with Crippen LogP contribution in [-0.2, 0) is 0 Å². The molecule has 2 heterocycles. The van der Waals surface area contributed by atoms with E-state index in [4.69, 9.17) is 19.7 Å². The maximum Gasteiger partial charge on any atom is 0.167 e. The quantitative estimate of drug-likeness (QED) is 0.164. The van der Waals surface area contributed by atoms with Crippen LogP contribution < -0.4 is 4.74 Å². The van der Waals surface area contributed by atoms with Gasteiger partial charge < -0.3 is 4.74 Å². The molecular formula is C55H35N3O. The number of para-hydroxylation sites is 1. The Bertz CT molecular complexity index is 3380. The van der Waals surface area contributed by atoms with Gasteiger partial charge in [-0.25, -0.2) is 15.0 Å². The minimum Gasteiger partial charge on any atom is -0.484 e. The Labute approximate surface area is 341 Å². The first kappa shape index (κ1) is 33.4. The van der Waals surface area contributed by atoms with E-state index in [9.17, 15) is 0 Å². The second kappa shape index (κ2) is 13.5. The first-order chi connectivity index (χ1) is 29.2. The van der Waals surface area contributed by atoms with Crippen molar-refractivity contribution >= 4 is 43.1 Å². The van der Waals surface area contributed by atoms with Crippen LogP contribution in [-0.4, -0.2) is 21.1 Å². The van der Waals surface area contributed by atoms with Crippen molar-refractivity contribution in [2.45, 2.75) is 12.0 Å². The van der Waals surface area contributed by atoms with Crippen molar-refractivity contribution in [3.8, 4) is 62.2 Å². The summed E-state index contributed by atoms with van der Waals surface area (Å²) in [5, 5.41) is 9.51. The third kappa shape index (κ3) is 5.49. The smallest absolute Gasteiger partial charge is 0.167 e. The van der Waals surface area contributed by atoms with Crippen molar-refractivity contribution in [3.63, 3.8) is 0 Å². The third-order valence-corrected chi connectivity index (χ3v) is 12.1. The lowest BCUT2D eigenvalue weighted by molar-refractivity contribution is 0.269. The molecule has 0 N–H and O–H groups in total. The molecule has 2 atom stereocenters. The Hall–Kier alpha value is -7.69. The zero-order chi connectivity index (χ0) is 38.9. The fraction of sp³-hybridized carbons (Fsp3) is 0.0364. The van der Waals surface area contributed by atoms with Crippen molar-refractivity contribution in [3.05, 3.63) is 206 Å². The zero-order valence-corrected chi connectivity index (χ0v) is 32.0. The van der Waals surface area contributed by atoms with Gasteiger partial charge in [0.1, 0.15) is 11.9 Å². The molecule has 0 amide bonds. The van der Waals surface area contributed by atoms with Gasteiger partial charge in [-0.2, -0.15) is 0 Å². The lowest BCUT2D eigenvalue weighted by atomic mass is 9.90. The van der Waals surface area contributed by atoms with E-state index >= 15 is 0 Å². The molecule has 276 valence electrons. The van der Waals surface area contributed by atoms with E-state index < -0.39 is 0 Å². The number of benzene rings is 9. The van der Waals surface area contributed by atoms with Crippen LogP contribution in [0.2, 0.25) is 0 Å². The third-order valence-electron chi connectivity index (χ3n) is 12.1. The maximum absolute atomic E-state index is 6.69. The van der Waals surface area contributed by atoms with Crippen molar-refractivity contribution in [2.24, 2.45) is 0 Å². The Morgan fingerprint density at radius 1 is 0.373 bits per heavy atom. The number of ether oxygens (including phenoxy) is 1. The molecule has 1 aliphatic carbocycles. The van der Waals surface area contributed by atoms with Crippen molar-refractivity contribution in [2.75, 3.05) is 0 Å². The molecule has 0 radical (unpaired) electrons. The lowest BCUT2D eigenvalue weighted by Gasteiger charge is -2.17. The molecule has 4 nitrogen and oxygen atoms in total. The number of rotatable bonds is 5. The number of nitrogens with zero attached hydrogens (tertiary/aromatic N) is 3. The number of aromatic nitrogens is 3. The molecule has 2 aliphatic rings. The van der Waals surface area contributed by atoms with E-state index in [2.05, 4.69) is 200 Å². The topological polar surface area (TPSA) is 47.9 Å². The highest BCUT2D eigenvalue weighted by atomic mass is 16.5. The largest absolute Gasteiger partial charge is 0.484 e. The van der Waals surface area contributed by atoms with E-state index in [1.54, 1.807) is 0 Å². The summed E-state index contributed by atoms with van der Waals surface area (Å²) >= 11 is 0. The molecule has 1 aromatic heterocycles. The summed E-state index contributed by atoms with van der Waals surface area (Å²) in [6.07, 6.45) is 8.45. The van der Waals surface area contributed by atoms with Crippen LogP contribution in [0.15, 0.2) is 200 Å². The summed E-state index contributed by atoms with van der Waals surface area (Å²) in [6, 6.07) is 62.6. The molecule has 0 fully saturated rings. The van der Waals surface area contributed by atoms with Crippen LogP contribution >= 0.6 is 0 Å². The summed E-state index contributed by atoms with van der Waals surface area (Å²) < 4.78 is 6.69. The number of hydrogen-bond donors (Lipinski definition) is 0. The summed E-state index contributed by atoms with van der Waals surface area (Å²) in [7, 11) is 0. The molecule has 4 heteroatoms. The molecule has 59 heavy (non-hydrogen) atoms. The molecule has 0 bridgehead atoms. The predicted octanol–water partition coefficient (Wildman–Crippen LogP) is 13.8. The van der Waals surface area contributed by atoms with E-state index in [-0.39, 0.29) is 12.0 Å². The van der Waals surface area contributed by atoms with Crippen LogP contribution in [0.5, 0.6) is 5.75 Å². The molecule has 1 aliphatic heterocycles. The Morgan fingerprint density at radius 3 is 1.83 bits per heavy atom. The molecular weight excluding hydrogens is 719 g/mol. The normalized spacial score (nSPS) is 15.5. The molecule has 0 saturated heterocycles. The number of hydrogen-bond acceptors (Lipinski definition) is 4. The van der Waals surface area contributed by atoms with Gasteiger partial charge in [-0.3, -0.25) is 0 Å². The average Bonchev–Trinajstić information content (AvgIpc) is 3.70. The summed E-state index contributed by atoms with van der Waals surface area (Å²) in [6.45, 7) is 0. The Morgan fingerprint density at radius 2 is 0.983 bits per heavy atom. The van der Waals surface area contributed by atoms with E-state index in [0.29, 0.717) is 17.5 Å². The fourth-order valence-corrected chi connectivity index (χ4v) is 9.27. The van der Waals surface area contributed by atoms with Crippen molar-refractivity contribution in [1.29, 1.82) is 0 Å². The van der Waals surface area contributed by atoms with E-state index in [1.165, 1.54) is 37.9 Å². The van der Waals surface area contributed by atoms with Gasteiger partial charge in [-0.15, -0.1) is 0 Å². The molecule has 9 aromatic carbocycles. The maximum atomic E-state index is 6.69. The first-order valence-electron chi connectivity index (χ1n) is 20.2. The zero-order valence-electron chi connectivity index (χ0n) is 32.0. The fourth-order valence-electron chi connectivity index (χ4n) is 9.27. The summed E-state index contributed by atoms with van der Waals surface area (Å²) in [5.41, 5.74) is 8.40. The van der Waals surface area contributed by atoms with Gasteiger partial charge in [-0.1, -0.05) is 182 Å². The van der Waals surface area contributed by atoms with Crippen LogP contribution in [0, 0.1) is 0 Å². The SMILES string of the molecule is C1=CC2c3cccc(-c4nc(-c5ccc(-c6cc7ccccc7c7ccccc67)cc5)nc(-c5c(-c6cccc7ccccc67)ccc6ccccc56)n4)c3O[C@@H]2C=C1. The second-order valence-corrected chi connectivity index (χ2v) is 15.4. The highest BCUT2D eigenvalue weighted by Gasteiger charge is 2.34. The van der Waals surface area contributed by atoms with Gasteiger partial charge >= 0.3 is 0 Å². The Kier molecular flexibility index (Phi) is 7.63. The summed E-state index contributed by atoms with van der Waals surface area (Å²) in [4.78, 5) is 16.1. The monoisotopic (exact) mass is 753 g/mol. The summed E-state index contributed by atoms with van der Waals surface area (Å²) in [5.74, 6) is 2.76. The van der Waals surface area contributed by atoms with Crippen LogP contribution in [0.3, 0.4) is 0 Å². The molecule has 10 aromatic rings. The van der Waals surface area contributed by atoms with E-state index in [0.717, 1.165) is 55.5 Å². The van der Waals surface area contributed by atoms with Gasteiger partial charge in [0.2, 0.25) is 0 Å². The van der Waals surface area contributed by atoms with Gasteiger partial charge in [0.15, 0.2) is 17.5 Å². The standard InChI is InChI=1S/C55H35N3O/c1-4-17-39-34(13-1)16-11-23-43(39)46-32-31-35-14-2-6-19-41(35)51(46)55-57-53(56-54(58-55)48-25-12-24-47-45-22-9-10-26-50(45)59-52(47)48)37-29-27-36(28-30-37)49-33-38-15-3-5-18-40(38)42-20-7-8-21-44(42)49/h1-33,45,50H/t45?,50-/m1/s1. The van der Waals surface area contributed by atoms with Gasteiger partial charge in [-0.05, 0) is 83.6 Å². The minimum atomic E-state index is -0.0632. The Balaban J connectivity index is 1.08. The van der Waals surface area contributed by atoms with Gasteiger partial charge in [0.05, 0.1) is 5.56 Å². The minimum absolute atomic E-state index is 0.0632. The highest BCUT2D eigenvalue weighted by Crippen LogP contribution is 2.47. The number of allylic oxidation sites excluding steroid dienone is 2. The molecule has 12 rings (SSSR count). The van der Waals surface area contributed by atoms with Gasteiger partial charge in [0.25, 0.3) is 0 Å². The average molecular weight is 754 g/mol. The van der Waals surface area contributed by atoms with Crippen LogP contribution in [0.25, 0.3) is 99.5 Å². The van der Waals surface area contributed by atoms with Crippen molar-refractivity contribution < 1.29 is 4.74 Å². The van der Waals surface area contributed by atoms with Crippen LogP contribution in [0.4, 0.5) is 0 Å². The van der Waals surface area contributed by atoms with Crippen LogP contribution in [0.1, 0.15) is 11.5 Å². The highest BCUT2D eigenvalue weighted by molar-refractivity contribution is 6.14. The first-order valence-corrected chi connectivity index (χ1v) is 20.2. The molecule has 0 spiro atoms. The second-order valence-electron chi connectivity index (χ2n) is 15.4. The number of fused-ring (bicyclic) bond motifs is 8. The predicted molar refractivity (Wildman–Crippen MR) is 242 cm³/mol. The molecule has 0 saturated carbocycles. The van der Waals surface area contributed by atoms with Crippen molar-refractivity contribution in [1.82, 2.24) is 15.0 Å². The van der Waals surface area contributed by atoms with E-state index in [1.807, 2.05) is 0 Å².